The molecule has 4 rings (SSSR count). The SMILES string of the molecule is Cc1ccc(-c2csc3ncnc(Nc4ccc(S(N)(=O)=O)cc4)c23)cc1. The van der Waals surface area contributed by atoms with Crippen molar-refractivity contribution in [2.45, 2.75) is 11.8 Å². The number of aryl methyl sites for hydroxylation is 1. The second kappa shape index (κ2) is 6.73. The highest BCUT2D eigenvalue weighted by Gasteiger charge is 2.14. The lowest BCUT2D eigenvalue weighted by molar-refractivity contribution is 0.598. The molecule has 0 unspecified atom stereocenters. The van der Waals surface area contributed by atoms with Crippen molar-refractivity contribution in [3.05, 3.63) is 65.8 Å². The van der Waals surface area contributed by atoms with E-state index in [1.165, 1.54) is 24.0 Å². The number of hydrogen-bond donors (Lipinski definition) is 2. The number of nitrogens with one attached hydrogen (secondary N) is 1. The van der Waals surface area contributed by atoms with Gasteiger partial charge in [-0.05, 0) is 36.8 Å². The van der Waals surface area contributed by atoms with Gasteiger partial charge in [-0.3, -0.25) is 0 Å². The normalized spacial score (nSPS) is 11.6. The van der Waals surface area contributed by atoms with E-state index >= 15 is 0 Å². The summed E-state index contributed by atoms with van der Waals surface area (Å²) in [7, 11) is -3.72. The monoisotopic (exact) mass is 396 g/mol. The van der Waals surface area contributed by atoms with Gasteiger partial charge in [-0.15, -0.1) is 11.3 Å². The topological polar surface area (TPSA) is 98.0 Å². The summed E-state index contributed by atoms with van der Waals surface area (Å²) in [5.41, 5.74) is 4.06. The van der Waals surface area contributed by atoms with Crippen molar-refractivity contribution in [1.82, 2.24) is 9.97 Å². The maximum Gasteiger partial charge on any atom is 0.238 e. The van der Waals surface area contributed by atoms with Crippen molar-refractivity contribution in [2.75, 3.05) is 5.32 Å². The van der Waals surface area contributed by atoms with E-state index in [1.54, 1.807) is 23.5 Å². The minimum absolute atomic E-state index is 0.0664. The fraction of sp³-hybridized carbons (Fsp3) is 0.0526. The predicted octanol–water partition coefficient (Wildman–Crippen LogP) is 4.06. The van der Waals surface area contributed by atoms with Crippen molar-refractivity contribution in [1.29, 1.82) is 0 Å². The molecule has 0 aliphatic carbocycles. The number of nitrogens with two attached hydrogens (primary N) is 1. The second-order valence-electron chi connectivity index (χ2n) is 6.11. The Morgan fingerprint density at radius 1 is 1.00 bits per heavy atom. The van der Waals surface area contributed by atoms with Gasteiger partial charge in [0.1, 0.15) is 17.0 Å². The van der Waals surface area contributed by atoms with Crippen LogP contribution in [0.15, 0.2) is 65.1 Å². The molecule has 0 amide bonds. The van der Waals surface area contributed by atoms with Crippen LogP contribution in [0.25, 0.3) is 21.3 Å². The van der Waals surface area contributed by atoms with Gasteiger partial charge in [-0.1, -0.05) is 29.8 Å². The molecule has 0 aliphatic rings. The maximum atomic E-state index is 11.4. The minimum Gasteiger partial charge on any atom is -0.340 e. The van der Waals surface area contributed by atoms with Gasteiger partial charge < -0.3 is 5.32 Å². The van der Waals surface area contributed by atoms with Crippen molar-refractivity contribution in [2.24, 2.45) is 5.14 Å². The molecule has 0 atom stereocenters. The maximum absolute atomic E-state index is 11.4. The molecule has 3 N–H and O–H groups in total. The van der Waals surface area contributed by atoms with Crippen LogP contribution in [0, 0.1) is 6.92 Å². The molecule has 0 bridgehead atoms. The van der Waals surface area contributed by atoms with Gasteiger partial charge in [-0.2, -0.15) is 0 Å². The van der Waals surface area contributed by atoms with Gasteiger partial charge in [0.25, 0.3) is 0 Å². The summed E-state index contributed by atoms with van der Waals surface area (Å²) >= 11 is 1.56. The largest absolute Gasteiger partial charge is 0.340 e. The molecular formula is C19H16N4O2S2. The van der Waals surface area contributed by atoms with Gasteiger partial charge in [-0.25, -0.2) is 23.5 Å². The average molecular weight is 396 g/mol. The van der Waals surface area contributed by atoms with Crippen LogP contribution in [0.2, 0.25) is 0 Å². The van der Waals surface area contributed by atoms with Gasteiger partial charge in [0, 0.05) is 16.6 Å². The summed E-state index contributed by atoms with van der Waals surface area (Å²) < 4.78 is 22.8. The lowest BCUT2D eigenvalue weighted by Crippen LogP contribution is -2.11. The Bertz CT molecular complexity index is 1220. The molecule has 2 aromatic heterocycles. The molecule has 0 saturated carbocycles. The van der Waals surface area contributed by atoms with E-state index in [2.05, 4.69) is 51.9 Å². The molecule has 136 valence electrons. The van der Waals surface area contributed by atoms with Crippen LogP contribution in [-0.4, -0.2) is 18.4 Å². The van der Waals surface area contributed by atoms with Gasteiger partial charge in [0.2, 0.25) is 10.0 Å². The second-order valence-corrected chi connectivity index (χ2v) is 8.53. The fourth-order valence-corrected chi connectivity index (χ4v) is 4.21. The zero-order valence-electron chi connectivity index (χ0n) is 14.4. The number of hydrogen-bond acceptors (Lipinski definition) is 6. The van der Waals surface area contributed by atoms with Crippen LogP contribution in [0.4, 0.5) is 11.5 Å². The number of aromatic nitrogens is 2. The van der Waals surface area contributed by atoms with Crippen molar-refractivity contribution < 1.29 is 8.42 Å². The number of benzene rings is 2. The summed E-state index contributed by atoms with van der Waals surface area (Å²) in [6.07, 6.45) is 1.51. The van der Waals surface area contributed by atoms with E-state index in [1.807, 2.05) is 0 Å². The molecule has 0 spiro atoms. The Hall–Kier alpha value is -2.81. The van der Waals surface area contributed by atoms with E-state index < -0.39 is 10.0 Å². The predicted molar refractivity (Wildman–Crippen MR) is 109 cm³/mol. The number of thiophene rings is 1. The molecule has 27 heavy (non-hydrogen) atoms. The smallest absolute Gasteiger partial charge is 0.238 e. The minimum atomic E-state index is -3.72. The summed E-state index contributed by atoms with van der Waals surface area (Å²) in [6.45, 7) is 2.05. The molecule has 0 radical (unpaired) electrons. The van der Waals surface area contributed by atoms with E-state index in [0.717, 1.165) is 21.3 Å². The number of sulfonamides is 1. The standard InChI is InChI=1S/C19H16N4O2S2/c1-12-2-4-13(5-3-12)16-10-26-19-17(16)18(21-11-22-19)23-14-6-8-15(9-7-14)27(20,24)25/h2-11H,1H3,(H2,20,24,25)(H,21,22,23). The van der Waals surface area contributed by atoms with E-state index in [0.29, 0.717) is 11.5 Å². The lowest BCUT2D eigenvalue weighted by atomic mass is 10.0. The van der Waals surface area contributed by atoms with Gasteiger partial charge in [0.15, 0.2) is 0 Å². The Labute approximate surface area is 160 Å². The highest BCUT2D eigenvalue weighted by atomic mass is 32.2. The third-order valence-electron chi connectivity index (χ3n) is 4.18. The number of nitrogens with zero attached hydrogens (tertiary/aromatic N) is 2. The average Bonchev–Trinajstić information content (AvgIpc) is 3.07. The Kier molecular flexibility index (Phi) is 4.39. The number of primary sulfonamides is 1. The first-order chi connectivity index (χ1) is 12.9. The van der Waals surface area contributed by atoms with Crippen molar-refractivity contribution >= 4 is 43.1 Å². The van der Waals surface area contributed by atoms with Gasteiger partial charge in [0.05, 0.1) is 10.3 Å². The van der Waals surface area contributed by atoms with Crippen LogP contribution >= 0.6 is 11.3 Å². The van der Waals surface area contributed by atoms with Crippen LogP contribution in [0.3, 0.4) is 0 Å². The summed E-state index contributed by atoms with van der Waals surface area (Å²) in [5.74, 6) is 0.667. The highest BCUT2D eigenvalue weighted by Crippen LogP contribution is 2.37. The van der Waals surface area contributed by atoms with Gasteiger partial charge >= 0.3 is 0 Å². The Balaban J connectivity index is 1.76. The first-order valence-corrected chi connectivity index (χ1v) is 10.5. The van der Waals surface area contributed by atoms with Crippen LogP contribution in [-0.2, 0) is 10.0 Å². The molecule has 6 nitrogen and oxygen atoms in total. The lowest BCUT2D eigenvalue weighted by Gasteiger charge is -2.09. The van der Waals surface area contributed by atoms with Crippen molar-refractivity contribution in [3.8, 4) is 11.1 Å². The zero-order chi connectivity index (χ0) is 19.0. The Morgan fingerprint density at radius 2 is 1.70 bits per heavy atom. The van der Waals surface area contributed by atoms with E-state index in [4.69, 9.17) is 5.14 Å². The molecule has 0 saturated heterocycles. The highest BCUT2D eigenvalue weighted by molar-refractivity contribution is 7.89. The molecular weight excluding hydrogens is 380 g/mol. The third-order valence-corrected chi connectivity index (χ3v) is 5.99. The quantitative estimate of drug-likeness (QED) is 0.542. The summed E-state index contributed by atoms with van der Waals surface area (Å²) in [5, 5.41) is 11.4. The number of anilines is 2. The fourth-order valence-electron chi connectivity index (χ4n) is 2.78. The summed E-state index contributed by atoms with van der Waals surface area (Å²) in [6, 6.07) is 14.5. The van der Waals surface area contributed by atoms with E-state index in [-0.39, 0.29) is 4.90 Å². The first kappa shape index (κ1) is 17.6. The Morgan fingerprint density at radius 3 is 2.37 bits per heavy atom. The molecule has 0 aliphatic heterocycles. The molecule has 8 heteroatoms. The van der Waals surface area contributed by atoms with Crippen LogP contribution in [0.5, 0.6) is 0 Å². The number of fused-ring (bicyclic) bond motifs is 1. The number of rotatable bonds is 4. The third kappa shape index (κ3) is 3.55. The van der Waals surface area contributed by atoms with Crippen LogP contribution in [0.1, 0.15) is 5.56 Å². The zero-order valence-corrected chi connectivity index (χ0v) is 16.0. The van der Waals surface area contributed by atoms with Crippen LogP contribution < -0.4 is 10.5 Å². The van der Waals surface area contributed by atoms with E-state index in [9.17, 15) is 8.42 Å². The summed E-state index contributed by atoms with van der Waals surface area (Å²) in [4.78, 5) is 9.70. The first-order valence-electron chi connectivity index (χ1n) is 8.11. The molecule has 4 aromatic rings. The molecule has 2 heterocycles. The van der Waals surface area contributed by atoms with Crippen molar-refractivity contribution in [3.63, 3.8) is 0 Å². The molecule has 2 aromatic carbocycles. The molecule has 0 fully saturated rings.